The van der Waals surface area contributed by atoms with Gasteiger partial charge in [0.2, 0.25) is 11.9 Å². The lowest BCUT2D eigenvalue weighted by atomic mass is 9.63. The van der Waals surface area contributed by atoms with Gasteiger partial charge in [-0.2, -0.15) is 4.98 Å². The highest BCUT2D eigenvalue weighted by Crippen LogP contribution is 2.55. The maximum Gasteiger partial charge on any atom is 0.239 e. The number of carbonyl (C=O) groups excluding carboxylic acids is 1. The molecule has 41 heavy (non-hydrogen) atoms. The third kappa shape index (κ3) is 4.32. The van der Waals surface area contributed by atoms with Gasteiger partial charge in [-0.15, -0.1) is 0 Å². The minimum atomic E-state index is -3.38. The van der Waals surface area contributed by atoms with Gasteiger partial charge in [0.15, 0.2) is 9.84 Å². The van der Waals surface area contributed by atoms with Crippen molar-refractivity contribution in [2.24, 2.45) is 5.41 Å². The molecule has 0 unspecified atom stereocenters. The summed E-state index contributed by atoms with van der Waals surface area (Å²) < 4.78 is 27.1. The van der Waals surface area contributed by atoms with Crippen LogP contribution in [0.25, 0.3) is 0 Å². The van der Waals surface area contributed by atoms with Crippen LogP contribution >= 0.6 is 0 Å². The molecule has 1 N–H and O–H groups in total. The molecule has 1 aromatic heterocycles. The molecule has 9 heteroatoms. The van der Waals surface area contributed by atoms with E-state index in [-0.39, 0.29) is 22.6 Å². The molecule has 0 radical (unpaired) electrons. The number of nitrogens with one attached hydrogen (secondary N) is 1. The number of piperidine rings is 1. The van der Waals surface area contributed by atoms with Crippen LogP contribution in [0.5, 0.6) is 0 Å². The van der Waals surface area contributed by atoms with E-state index >= 15 is 0 Å². The normalized spacial score (nSPS) is 24.2. The maximum absolute atomic E-state index is 13.6. The molecule has 1 aromatic carbocycles. The van der Waals surface area contributed by atoms with Gasteiger partial charge in [0.05, 0.1) is 15.6 Å². The Morgan fingerprint density at radius 2 is 1.73 bits per heavy atom. The second-order valence-electron chi connectivity index (χ2n) is 13.8. The van der Waals surface area contributed by atoms with Crippen molar-refractivity contribution in [2.45, 2.75) is 119 Å². The number of aryl methyl sites for hydroxylation is 1. The molecule has 4 fully saturated rings. The van der Waals surface area contributed by atoms with Crippen molar-refractivity contribution < 1.29 is 13.2 Å². The summed E-state index contributed by atoms with van der Waals surface area (Å²) in [6, 6.07) is 6.12. The summed E-state index contributed by atoms with van der Waals surface area (Å²) in [6.45, 7) is 8.54. The van der Waals surface area contributed by atoms with Crippen LogP contribution in [0, 0.1) is 12.3 Å². The van der Waals surface area contributed by atoms with E-state index in [0.29, 0.717) is 16.9 Å². The van der Waals surface area contributed by atoms with Gasteiger partial charge in [-0.1, -0.05) is 19.3 Å². The van der Waals surface area contributed by atoms with Crippen LogP contribution in [0.1, 0.15) is 95.6 Å². The SMILES string of the molecule is Cc1cc(S(=O)(=O)C2CC3(CCN(C(C)C)CC3)C2)ccc1Nc1ncc2c(n1)N(C1CCCC1)C(=O)C21CCC1. The number of carbonyl (C=O) groups is 1. The number of likely N-dealkylation sites (tertiary alicyclic amines) is 1. The Morgan fingerprint density at radius 1 is 1.02 bits per heavy atom. The first-order valence-corrected chi connectivity index (χ1v) is 17.2. The fraction of sp³-hybridized carbons (Fsp3) is 0.656. The lowest BCUT2D eigenvalue weighted by Gasteiger charge is -2.52. The van der Waals surface area contributed by atoms with E-state index in [9.17, 15) is 13.2 Å². The van der Waals surface area contributed by atoms with Crippen molar-refractivity contribution in [2.75, 3.05) is 23.3 Å². The summed E-state index contributed by atoms with van der Waals surface area (Å²) in [6.07, 6.45) is 12.8. The molecule has 1 saturated heterocycles. The van der Waals surface area contributed by atoms with Crippen LogP contribution in [0.4, 0.5) is 17.5 Å². The largest absolute Gasteiger partial charge is 0.324 e. The van der Waals surface area contributed by atoms with Gasteiger partial charge in [0.25, 0.3) is 0 Å². The van der Waals surface area contributed by atoms with Crippen LogP contribution in [0.15, 0.2) is 29.3 Å². The predicted octanol–water partition coefficient (Wildman–Crippen LogP) is 5.67. The number of rotatable bonds is 6. The van der Waals surface area contributed by atoms with Gasteiger partial charge >= 0.3 is 0 Å². The molecule has 5 aliphatic rings. The monoisotopic (exact) mass is 577 g/mol. The molecule has 3 aliphatic carbocycles. The molecular weight excluding hydrogens is 534 g/mol. The molecule has 2 aliphatic heterocycles. The maximum atomic E-state index is 13.6. The van der Waals surface area contributed by atoms with E-state index < -0.39 is 15.3 Å². The number of sulfone groups is 1. The molecule has 3 saturated carbocycles. The minimum absolute atomic E-state index is 0.205. The third-order valence-corrected chi connectivity index (χ3v) is 13.3. The second kappa shape index (κ2) is 9.76. The molecule has 2 aromatic rings. The average molecular weight is 578 g/mol. The number of anilines is 3. The molecule has 0 atom stereocenters. The van der Waals surface area contributed by atoms with Crippen LogP contribution in [-0.2, 0) is 20.0 Å². The lowest BCUT2D eigenvalue weighted by Crippen LogP contribution is -2.52. The zero-order valence-electron chi connectivity index (χ0n) is 24.7. The minimum Gasteiger partial charge on any atom is -0.324 e. The number of fused-ring (bicyclic) bond motifs is 2. The van der Waals surface area contributed by atoms with Crippen molar-refractivity contribution in [3.05, 3.63) is 35.5 Å². The van der Waals surface area contributed by atoms with Crippen molar-refractivity contribution in [3.8, 4) is 0 Å². The van der Waals surface area contributed by atoms with Crippen molar-refractivity contribution in [1.29, 1.82) is 0 Å². The fourth-order valence-electron chi connectivity index (χ4n) is 8.23. The number of amides is 1. The second-order valence-corrected chi connectivity index (χ2v) is 16.0. The standard InChI is InChI=1S/C32H43N5O3S/c1-21(2)36-15-13-31(14-16-36)18-25(19-31)41(39,40)24-9-10-27(22(3)17-24)34-30-33-20-26-28(35-30)37(23-7-4-5-8-23)29(38)32(26)11-6-12-32/h9-10,17,20-21,23,25H,4-8,11-16,18-19H2,1-3H3,(H,33,34,35). The average Bonchev–Trinajstić information content (AvgIpc) is 3.51. The van der Waals surface area contributed by atoms with E-state index in [1.165, 1.54) is 0 Å². The number of benzene rings is 1. The highest BCUT2D eigenvalue weighted by molar-refractivity contribution is 7.92. The summed E-state index contributed by atoms with van der Waals surface area (Å²) in [5.74, 6) is 1.43. The first-order valence-electron chi connectivity index (χ1n) is 15.7. The summed E-state index contributed by atoms with van der Waals surface area (Å²) in [7, 11) is -3.38. The molecular formula is C32H43N5O3S. The van der Waals surface area contributed by atoms with Gasteiger partial charge in [-0.05, 0) is 114 Å². The van der Waals surface area contributed by atoms with Gasteiger partial charge in [0.1, 0.15) is 5.82 Å². The van der Waals surface area contributed by atoms with Crippen LogP contribution in [-0.4, -0.2) is 59.6 Å². The quantitative estimate of drug-likeness (QED) is 0.473. The number of hydrogen-bond acceptors (Lipinski definition) is 7. The first-order chi connectivity index (χ1) is 19.6. The van der Waals surface area contributed by atoms with E-state index in [0.717, 1.165) is 106 Å². The van der Waals surface area contributed by atoms with Gasteiger partial charge in [-0.25, -0.2) is 13.4 Å². The third-order valence-electron chi connectivity index (χ3n) is 11.2. The first kappa shape index (κ1) is 27.3. The molecule has 8 nitrogen and oxygen atoms in total. The molecule has 1 amide bonds. The highest BCUT2D eigenvalue weighted by Gasteiger charge is 2.57. The van der Waals surface area contributed by atoms with Crippen LogP contribution in [0.3, 0.4) is 0 Å². The number of aromatic nitrogens is 2. The Hall–Kier alpha value is -2.52. The van der Waals surface area contributed by atoms with Gasteiger partial charge < -0.3 is 10.2 Å². The molecule has 3 heterocycles. The Labute approximate surface area is 244 Å². The van der Waals surface area contributed by atoms with Crippen molar-refractivity contribution in [3.63, 3.8) is 0 Å². The van der Waals surface area contributed by atoms with E-state index in [4.69, 9.17) is 4.98 Å². The Kier molecular flexibility index (Phi) is 6.51. The predicted molar refractivity (Wildman–Crippen MR) is 160 cm³/mol. The molecule has 2 spiro atoms. The molecule has 220 valence electrons. The Morgan fingerprint density at radius 3 is 2.34 bits per heavy atom. The van der Waals surface area contributed by atoms with E-state index in [2.05, 4.69) is 29.0 Å². The smallest absolute Gasteiger partial charge is 0.239 e. The van der Waals surface area contributed by atoms with Crippen molar-refractivity contribution >= 4 is 33.2 Å². The van der Waals surface area contributed by atoms with E-state index in [1.807, 2.05) is 24.1 Å². The lowest BCUT2D eigenvalue weighted by molar-refractivity contribution is -0.126. The zero-order chi connectivity index (χ0) is 28.6. The Bertz CT molecular complexity index is 1460. The molecule has 7 rings (SSSR count). The summed E-state index contributed by atoms with van der Waals surface area (Å²) in [5.41, 5.74) is 2.39. The fourth-order valence-corrected chi connectivity index (χ4v) is 10.4. The van der Waals surface area contributed by atoms with E-state index in [1.54, 1.807) is 12.1 Å². The Balaban J connectivity index is 1.07. The highest BCUT2D eigenvalue weighted by atomic mass is 32.2. The van der Waals surface area contributed by atoms with Crippen molar-refractivity contribution in [1.82, 2.24) is 14.9 Å². The number of nitrogens with zero attached hydrogens (tertiary/aromatic N) is 4. The zero-order valence-corrected chi connectivity index (χ0v) is 25.5. The molecule has 0 bridgehead atoms. The van der Waals surface area contributed by atoms with Gasteiger partial charge in [-0.3, -0.25) is 9.69 Å². The topological polar surface area (TPSA) is 95.5 Å². The number of hydrogen-bond donors (Lipinski definition) is 1. The van der Waals surface area contributed by atoms with Crippen LogP contribution in [0.2, 0.25) is 0 Å². The summed E-state index contributed by atoms with van der Waals surface area (Å²) >= 11 is 0. The van der Waals surface area contributed by atoms with Crippen LogP contribution < -0.4 is 10.2 Å². The summed E-state index contributed by atoms with van der Waals surface area (Å²) in [5, 5.41) is 3.04. The summed E-state index contributed by atoms with van der Waals surface area (Å²) in [4.78, 5) is 28.0. The van der Waals surface area contributed by atoms with Gasteiger partial charge in [0, 0.05) is 29.5 Å².